The van der Waals surface area contributed by atoms with Gasteiger partial charge in [0, 0.05) is 12.1 Å². The van der Waals surface area contributed by atoms with Gasteiger partial charge in [-0.25, -0.2) is 0 Å². The van der Waals surface area contributed by atoms with E-state index in [0.29, 0.717) is 6.04 Å². The van der Waals surface area contributed by atoms with Crippen LogP contribution in [0, 0.1) is 11.8 Å². The van der Waals surface area contributed by atoms with Crippen LogP contribution in [0.4, 0.5) is 0 Å². The van der Waals surface area contributed by atoms with E-state index in [2.05, 4.69) is 19.2 Å². The van der Waals surface area contributed by atoms with Gasteiger partial charge in [0.1, 0.15) is 0 Å². The van der Waals surface area contributed by atoms with Crippen LogP contribution in [0.1, 0.15) is 40.0 Å². The van der Waals surface area contributed by atoms with Crippen LogP contribution in [0.5, 0.6) is 0 Å². The lowest BCUT2D eigenvalue weighted by Crippen LogP contribution is -2.43. The summed E-state index contributed by atoms with van der Waals surface area (Å²) >= 11 is 0. The number of nitrogens with one attached hydrogen (secondary N) is 1. The summed E-state index contributed by atoms with van der Waals surface area (Å²) in [6.07, 6.45) is 3.84. The highest BCUT2D eigenvalue weighted by Gasteiger charge is 2.28. The molecule has 1 aliphatic rings. The summed E-state index contributed by atoms with van der Waals surface area (Å²) in [6, 6.07) is 0.773. The zero-order valence-corrected chi connectivity index (χ0v) is 10.2. The van der Waals surface area contributed by atoms with E-state index >= 15 is 0 Å². The predicted octanol–water partition coefficient (Wildman–Crippen LogP) is 1.96. The topological polar surface area (TPSA) is 38.3 Å². The van der Waals surface area contributed by atoms with Crippen LogP contribution in [0.2, 0.25) is 0 Å². The van der Waals surface area contributed by atoms with Gasteiger partial charge in [0.15, 0.2) is 0 Å². The maximum Gasteiger partial charge on any atom is 0.309 e. The van der Waals surface area contributed by atoms with Gasteiger partial charge in [-0.3, -0.25) is 4.79 Å². The number of methoxy groups -OCH3 is 1. The van der Waals surface area contributed by atoms with Gasteiger partial charge in [0.2, 0.25) is 0 Å². The molecule has 0 spiro atoms. The molecule has 1 fully saturated rings. The average Bonchev–Trinajstić information content (AvgIpc) is 2.62. The Morgan fingerprint density at radius 2 is 2.07 bits per heavy atom. The molecule has 0 aliphatic heterocycles. The average molecular weight is 213 g/mol. The highest BCUT2D eigenvalue weighted by molar-refractivity contribution is 5.72. The Hall–Kier alpha value is -0.570. The lowest BCUT2D eigenvalue weighted by molar-refractivity contribution is -0.145. The molecule has 0 aromatic heterocycles. The molecule has 0 saturated heterocycles. The summed E-state index contributed by atoms with van der Waals surface area (Å²) < 4.78 is 4.75. The van der Waals surface area contributed by atoms with Crippen molar-refractivity contribution in [2.45, 2.75) is 52.1 Å². The van der Waals surface area contributed by atoms with E-state index in [9.17, 15) is 4.79 Å². The van der Waals surface area contributed by atoms with Crippen molar-refractivity contribution in [3.63, 3.8) is 0 Å². The molecular formula is C12H23NO2. The molecule has 1 rings (SSSR count). The Kier molecular flexibility index (Phi) is 4.58. The molecule has 0 aromatic carbocycles. The molecule has 3 nitrogen and oxygen atoms in total. The summed E-state index contributed by atoms with van der Waals surface area (Å²) in [4.78, 5) is 11.3. The van der Waals surface area contributed by atoms with Crippen LogP contribution < -0.4 is 5.32 Å². The number of ether oxygens (including phenoxy) is 1. The fourth-order valence-electron chi connectivity index (χ4n) is 2.27. The van der Waals surface area contributed by atoms with Gasteiger partial charge in [-0.15, -0.1) is 0 Å². The Labute approximate surface area is 92.6 Å². The molecule has 1 N–H and O–H groups in total. The standard InChI is InChI=1S/C12H23NO2/c1-8-6-5-7-11(8)13-10(3)9(2)12(14)15-4/h8-11,13H,5-7H2,1-4H3. The lowest BCUT2D eigenvalue weighted by Gasteiger charge is -2.25. The van der Waals surface area contributed by atoms with Crippen molar-refractivity contribution < 1.29 is 9.53 Å². The summed E-state index contributed by atoms with van der Waals surface area (Å²) in [6.45, 7) is 6.26. The van der Waals surface area contributed by atoms with E-state index in [1.165, 1.54) is 26.4 Å². The molecule has 0 amide bonds. The van der Waals surface area contributed by atoms with Gasteiger partial charge < -0.3 is 10.1 Å². The normalized spacial score (nSPS) is 29.9. The third-order valence-electron chi connectivity index (χ3n) is 3.66. The smallest absolute Gasteiger partial charge is 0.309 e. The molecule has 88 valence electrons. The zero-order valence-electron chi connectivity index (χ0n) is 10.2. The van der Waals surface area contributed by atoms with E-state index in [-0.39, 0.29) is 17.9 Å². The SMILES string of the molecule is COC(=O)C(C)C(C)NC1CCCC1C. The first-order valence-corrected chi connectivity index (χ1v) is 5.90. The molecule has 1 saturated carbocycles. The molecule has 15 heavy (non-hydrogen) atoms. The van der Waals surface area contributed by atoms with E-state index < -0.39 is 0 Å². The van der Waals surface area contributed by atoms with Crippen LogP contribution >= 0.6 is 0 Å². The number of carbonyl (C=O) groups excluding carboxylic acids is 1. The van der Waals surface area contributed by atoms with Crippen molar-refractivity contribution in [1.82, 2.24) is 5.32 Å². The summed E-state index contributed by atoms with van der Waals surface area (Å²) in [7, 11) is 1.45. The minimum Gasteiger partial charge on any atom is -0.469 e. The summed E-state index contributed by atoms with van der Waals surface area (Å²) in [5.41, 5.74) is 0. The van der Waals surface area contributed by atoms with E-state index in [1.807, 2.05) is 6.92 Å². The Morgan fingerprint density at radius 1 is 1.40 bits per heavy atom. The van der Waals surface area contributed by atoms with Crippen molar-refractivity contribution in [3.8, 4) is 0 Å². The van der Waals surface area contributed by atoms with E-state index in [1.54, 1.807) is 0 Å². The Bertz CT molecular complexity index is 218. The van der Waals surface area contributed by atoms with Gasteiger partial charge in [0.05, 0.1) is 13.0 Å². The molecule has 0 radical (unpaired) electrons. The maximum atomic E-state index is 11.3. The molecule has 1 aliphatic carbocycles. The summed E-state index contributed by atoms with van der Waals surface area (Å²) in [5, 5.41) is 3.54. The monoisotopic (exact) mass is 213 g/mol. The van der Waals surface area contributed by atoms with Gasteiger partial charge in [0.25, 0.3) is 0 Å². The van der Waals surface area contributed by atoms with Crippen molar-refractivity contribution in [2.24, 2.45) is 11.8 Å². The van der Waals surface area contributed by atoms with Crippen molar-refractivity contribution in [1.29, 1.82) is 0 Å². The van der Waals surface area contributed by atoms with Gasteiger partial charge in [-0.1, -0.05) is 20.3 Å². The minimum absolute atomic E-state index is 0.0669. The van der Waals surface area contributed by atoms with Crippen LogP contribution in [0.3, 0.4) is 0 Å². The second kappa shape index (κ2) is 5.50. The molecular weight excluding hydrogens is 190 g/mol. The molecule has 0 aromatic rings. The van der Waals surface area contributed by atoms with Crippen LogP contribution in [-0.4, -0.2) is 25.2 Å². The van der Waals surface area contributed by atoms with Crippen LogP contribution in [0.15, 0.2) is 0 Å². The maximum absolute atomic E-state index is 11.3. The lowest BCUT2D eigenvalue weighted by atomic mass is 10.00. The van der Waals surface area contributed by atoms with E-state index in [0.717, 1.165) is 5.92 Å². The second-order valence-electron chi connectivity index (χ2n) is 4.78. The van der Waals surface area contributed by atoms with E-state index in [4.69, 9.17) is 4.74 Å². The molecule has 0 bridgehead atoms. The number of esters is 1. The summed E-state index contributed by atoms with van der Waals surface area (Å²) in [5.74, 6) is 0.542. The molecule has 0 heterocycles. The van der Waals surface area contributed by atoms with Gasteiger partial charge in [-0.05, 0) is 25.7 Å². The van der Waals surface area contributed by atoms with Crippen molar-refractivity contribution in [2.75, 3.05) is 7.11 Å². The second-order valence-corrected chi connectivity index (χ2v) is 4.78. The number of hydrogen-bond donors (Lipinski definition) is 1. The number of rotatable bonds is 4. The minimum atomic E-state index is -0.124. The first-order chi connectivity index (χ1) is 7.06. The molecule has 4 atom stereocenters. The van der Waals surface area contributed by atoms with Crippen LogP contribution in [-0.2, 0) is 9.53 Å². The fourth-order valence-corrected chi connectivity index (χ4v) is 2.27. The highest BCUT2D eigenvalue weighted by atomic mass is 16.5. The quantitative estimate of drug-likeness (QED) is 0.725. The predicted molar refractivity (Wildman–Crippen MR) is 60.6 cm³/mol. The largest absolute Gasteiger partial charge is 0.469 e. The third-order valence-corrected chi connectivity index (χ3v) is 3.66. The van der Waals surface area contributed by atoms with Crippen molar-refractivity contribution >= 4 is 5.97 Å². The number of carbonyl (C=O) groups is 1. The van der Waals surface area contributed by atoms with Gasteiger partial charge >= 0.3 is 5.97 Å². The Balaban J connectivity index is 2.40. The number of hydrogen-bond acceptors (Lipinski definition) is 3. The first kappa shape index (κ1) is 12.5. The first-order valence-electron chi connectivity index (χ1n) is 5.90. The highest BCUT2D eigenvalue weighted by Crippen LogP contribution is 2.25. The third kappa shape index (κ3) is 3.20. The van der Waals surface area contributed by atoms with Crippen molar-refractivity contribution in [3.05, 3.63) is 0 Å². The zero-order chi connectivity index (χ0) is 11.4. The Morgan fingerprint density at radius 3 is 2.53 bits per heavy atom. The van der Waals surface area contributed by atoms with Gasteiger partial charge in [-0.2, -0.15) is 0 Å². The molecule has 3 heteroatoms. The fraction of sp³-hybridized carbons (Fsp3) is 0.917. The molecule has 4 unspecified atom stereocenters. The van der Waals surface area contributed by atoms with Crippen LogP contribution in [0.25, 0.3) is 0 Å².